The van der Waals surface area contributed by atoms with Crippen LogP contribution >= 0.6 is 0 Å². The van der Waals surface area contributed by atoms with Gasteiger partial charge in [-0.3, -0.25) is 0 Å². The molecule has 0 unspecified atom stereocenters. The molecule has 4 aromatic rings. The number of pyridine rings is 1. The van der Waals surface area contributed by atoms with Crippen LogP contribution in [0.3, 0.4) is 0 Å². The predicted octanol–water partition coefficient (Wildman–Crippen LogP) is 5.31. The number of carbonyl (C=O) groups is 1. The Hall–Kier alpha value is -3.71. The first-order chi connectivity index (χ1) is 16.0. The van der Waals surface area contributed by atoms with Gasteiger partial charge in [-0.05, 0) is 67.3 Å². The van der Waals surface area contributed by atoms with Gasteiger partial charge in [0.25, 0.3) is 0 Å². The Bertz CT molecular complexity index is 1360. The highest BCUT2D eigenvalue weighted by molar-refractivity contribution is 6.05. The van der Waals surface area contributed by atoms with Gasteiger partial charge in [0.2, 0.25) is 0 Å². The molecule has 3 N–H and O–H groups in total. The number of rotatable bonds is 4. The van der Waals surface area contributed by atoms with E-state index in [0.717, 1.165) is 46.3 Å². The number of halogens is 1. The van der Waals surface area contributed by atoms with Gasteiger partial charge < -0.3 is 20.1 Å². The van der Waals surface area contributed by atoms with Crippen molar-refractivity contribution in [2.45, 2.75) is 25.7 Å². The van der Waals surface area contributed by atoms with Gasteiger partial charge in [0.1, 0.15) is 11.6 Å². The Morgan fingerprint density at radius 3 is 2.55 bits per heavy atom. The first-order valence-electron chi connectivity index (χ1n) is 10.9. The number of hydrogen-bond acceptors (Lipinski definition) is 4. The fraction of sp³-hybridized carbons (Fsp3) is 0.231. The minimum absolute atomic E-state index is 0.185. The van der Waals surface area contributed by atoms with Crippen molar-refractivity contribution in [2.75, 3.05) is 18.9 Å². The lowest BCUT2D eigenvalue weighted by molar-refractivity contribution is 0.0697. The maximum Gasteiger partial charge on any atom is 0.335 e. The van der Waals surface area contributed by atoms with E-state index in [2.05, 4.69) is 9.55 Å². The second-order valence-electron chi connectivity index (χ2n) is 8.39. The smallest absolute Gasteiger partial charge is 0.335 e. The SMILES string of the molecule is Cc1cc(-n2c(C3CCOCC3)c(-c3ccc(C(=O)O)cc3)c3c(N)nccc32)ccc1F. The van der Waals surface area contributed by atoms with E-state index >= 15 is 0 Å². The summed E-state index contributed by atoms with van der Waals surface area (Å²) in [5, 5.41) is 10.2. The number of nitrogens with two attached hydrogens (primary N) is 1. The predicted molar refractivity (Wildman–Crippen MR) is 125 cm³/mol. The monoisotopic (exact) mass is 445 g/mol. The summed E-state index contributed by atoms with van der Waals surface area (Å²) in [6, 6.07) is 13.8. The molecule has 5 rings (SSSR count). The standard InChI is InChI=1S/C26H24FN3O3/c1-15-14-19(6-7-20(15)27)30-21-8-11-29-25(28)23(21)22(24(30)17-9-12-33-13-10-17)16-2-4-18(5-3-16)26(31)32/h2-8,11,14,17H,9-10,12-13H2,1H3,(H2,28,29)(H,31,32). The van der Waals surface area contributed by atoms with Crippen molar-refractivity contribution in [1.82, 2.24) is 9.55 Å². The molecule has 1 aliphatic heterocycles. The van der Waals surface area contributed by atoms with E-state index < -0.39 is 5.97 Å². The lowest BCUT2D eigenvalue weighted by Gasteiger charge is -2.26. The van der Waals surface area contributed by atoms with Crippen LogP contribution in [0.1, 0.15) is 40.4 Å². The Labute approximate surface area is 190 Å². The van der Waals surface area contributed by atoms with Crippen molar-refractivity contribution >= 4 is 22.7 Å². The van der Waals surface area contributed by atoms with Crippen molar-refractivity contribution in [3.05, 3.63) is 77.4 Å². The van der Waals surface area contributed by atoms with E-state index in [1.807, 2.05) is 24.3 Å². The van der Waals surface area contributed by atoms with Crippen LogP contribution in [0.4, 0.5) is 10.2 Å². The fourth-order valence-electron chi connectivity index (χ4n) is 4.75. The third kappa shape index (κ3) is 3.64. The number of aryl methyl sites for hydroxylation is 1. The molecule has 1 aliphatic rings. The van der Waals surface area contributed by atoms with Crippen molar-refractivity contribution < 1.29 is 19.0 Å². The van der Waals surface area contributed by atoms with Crippen molar-refractivity contribution in [2.24, 2.45) is 0 Å². The number of aromatic carboxylic acids is 1. The van der Waals surface area contributed by atoms with Crippen LogP contribution < -0.4 is 5.73 Å². The molecule has 168 valence electrons. The van der Waals surface area contributed by atoms with Gasteiger partial charge in [0.05, 0.1) is 16.5 Å². The molecule has 0 spiro atoms. The summed E-state index contributed by atoms with van der Waals surface area (Å²) >= 11 is 0. The van der Waals surface area contributed by atoms with E-state index in [1.165, 1.54) is 6.07 Å². The summed E-state index contributed by atoms with van der Waals surface area (Å²) in [7, 11) is 0. The number of hydrogen-bond donors (Lipinski definition) is 2. The number of carboxylic acids is 1. The summed E-state index contributed by atoms with van der Waals surface area (Å²) in [5.41, 5.74) is 11.8. The van der Waals surface area contributed by atoms with Crippen LogP contribution in [0.15, 0.2) is 54.7 Å². The molecular weight excluding hydrogens is 421 g/mol. The summed E-state index contributed by atoms with van der Waals surface area (Å²) < 4.78 is 21.9. The van der Waals surface area contributed by atoms with Gasteiger partial charge in [0, 0.05) is 42.3 Å². The maximum absolute atomic E-state index is 14.1. The average Bonchev–Trinajstić information content (AvgIpc) is 3.18. The van der Waals surface area contributed by atoms with Gasteiger partial charge in [-0.1, -0.05) is 12.1 Å². The van der Waals surface area contributed by atoms with Gasteiger partial charge in [-0.25, -0.2) is 14.2 Å². The first kappa shape index (κ1) is 21.2. The molecule has 33 heavy (non-hydrogen) atoms. The summed E-state index contributed by atoms with van der Waals surface area (Å²) in [6.07, 6.45) is 3.35. The third-order valence-corrected chi connectivity index (χ3v) is 6.37. The Morgan fingerprint density at radius 2 is 1.88 bits per heavy atom. The van der Waals surface area contributed by atoms with Gasteiger partial charge >= 0.3 is 5.97 Å². The lowest BCUT2D eigenvalue weighted by Crippen LogP contribution is -2.17. The zero-order valence-electron chi connectivity index (χ0n) is 18.2. The van der Waals surface area contributed by atoms with Crippen LogP contribution in [0.5, 0.6) is 0 Å². The first-order valence-corrected chi connectivity index (χ1v) is 10.9. The molecule has 0 atom stereocenters. The number of ether oxygens (including phenoxy) is 1. The number of carboxylic acid groups (broad SMARTS) is 1. The molecule has 7 heteroatoms. The van der Waals surface area contributed by atoms with E-state index in [-0.39, 0.29) is 17.3 Å². The second kappa shape index (κ2) is 8.33. The second-order valence-corrected chi connectivity index (χ2v) is 8.39. The van der Waals surface area contributed by atoms with Gasteiger partial charge in [-0.2, -0.15) is 0 Å². The molecule has 2 aromatic heterocycles. The van der Waals surface area contributed by atoms with Crippen LogP contribution in [-0.2, 0) is 4.74 Å². The molecule has 0 bridgehead atoms. The van der Waals surface area contributed by atoms with Crippen molar-refractivity contribution in [1.29, 1.82) is 0 Å². The Balaban J connectivity index is 1.86. The normalized spacial score (nSPS) is 14.6. The van der Waals surface area contributed by atoms with Crippen LogP contribution in [-0.4, -0.2) is 33.8 Å². The Kier molecular flexibility index (Phi) is 5.34. The van der Waals surface area contributed by atoms with Gasteiger partial charge in [0.15, 0.2) is 0 Å². The lowest BCUT2D eigenvalue weighted by atomic mass is 9.89. The molecule has 0 amide bonds. The van der Waals surface area contributed by atoms with E-state index in [4.69, 9.17) is 10.5 Å². The number of benzene rings is 2. The molecule has 2 aromatic carbocycles. The molecule has 0 radical (unpaired) electrons. The number of aromatic nitrogens is 2. The maximum atomic E-state index is 14.1. The zero-order chi connectivity index (χ0) is 23.1. The average molecular weight is 445 g/mol. The zero-order valence-corrected chi connectivity index (χ0v) is 18.2. The minimum Gasteiger partial charge on any atom is -0.478 e. The molecule has 0 aliphatic carbocycles. The number of anilines is 1. The van der Waals surface area contributed by atoms with Crippen LogP contribution in [0.25, 0.3) is 27.7 Å². The highest BCUT2D eigenvalue weighted by Gasteiger charge is 2.29. The topological polar surface area (TPSA) is 90.4 Å². The number of nitrogens with zero attached hydrogens (tertiary/aromatic N) is 2. The minimum atomic E-state index is -0.975. The number of fused-ring (bicyclic) bond motifs is 1. The number of nitrogen functional groups attached to an aromatic ring is 1. The van der Waals surface area contributed by atoms with Crippen LogP contribution in [0, 0.1) is 12.7 Å². The quantitative estimate of drug-likeness (QED) is 0.444. The molecule has 3 heterocycles. The van der Waals surface area contributed by atoms with Crippen LogP contribution in [0.2, 0.25) is 0 Å². The van der Waals surface area contributed by atoms with Crippen molar-refractivity contribution in [3.63, 3.8) is 0 Å². The van der Waals surface area contributed by atoms with E-state index in [1.54, 1.807) is 31.3 Å². The summed E-state index contributed by atoms with van der Waals surface area (Å²) in [4.78, 5) is 15.7. The summed E-state index contributed by atoms with van der Waals surface area (Å²) in [6.45, 7) is 3.06. The summed E-state index contributed by atoms with van der Waals surface area (Å²) in [5.74, 6) is -0.647. The highest BCUT2D eigenvalue weighted by atomic mass is 19.1. The molecule has 1 saturated heterocycles. The van der Waals surface area contributed by atoms with E-state index in [9.17, 15) is 14.3 Å². The molecule has 1 fully saturated rings. The fourth-order valence-corrected chi connectivity index (χ4v) is 4.75. The Morgan fingerprint density at radius 1 is 1.15 bits per heavy atom. The van der Waals surface area contributed by atoms with E-state index in [0.29, 0.717) is 24.6 Å². The largest absolute Gasteiger partial charge is 0.478 e. The molecule has 0 saturated carbocycles. The molecule has 6 nitrogen and oxygen atoms in total. The van der Waals surface area contributed by atoms with Crippen molar-refractivity contribution in [3.8, 4) is 16.8 Å². The van der Waals surface area contributed by atoms with Gasteiger partial charge in [-0.15, -0.1) is 0 Å². The third-order valence-electron chi connectivity index (χ3n) is 6.37. The molecular formula is C26H24FN3O3. The highest BCUT2D eigenvalue weighted by Crippen LogP contribution is 2.45.